The number of aliphatic hydroxyl groups excluding tert-OH is 1. The number of hydrogen-bond donors (Lipinski definition) is 4. The van der Waals surface area contributed by atoms with Crippen molar-refractivity contribution in [3.05, 3.63) is 52.5 Å². The van der Waals surface area contributed by atoms with Crippen molar-refractivity contribution in [1.29, 1.82) is 0 Å². The van der Waals surface area contributed by atoms with Gasteiger partial charge in [-0.15, -0.1) is 0 Å². The molecule has 1 amide bonds. The van der Waals surface area contributed by atoms with Crippen LogP contribution in [0.15, 0.2) is 36.4 Å². The minimum absolute atomic E-state index is 0.0392. The number of rotatable bonds is 12. The van der Waals surface area contributed by atoms with E-state index in [1.54, 1.807) is 36.4 Å². The Morgan fingerprint density at radius 1 is 1.06 bits per heavy atom. The Balaban J connectivity index is 2.21. The molecule has 1 unspecified atom stereocenters. The van der Waals surface area contributed by atoms with E-state index in [2.05, 4.69) is 10.6 Å². The zero-order valence-electron chi connectivity index (χ0n) is 18.1. The standard InChI is InChI=1S/C22H27ClN2O7/c1-30-15-8-18(31-2)16(19(9-15)32-3)10-24-11-17(22(29)25-12-20(26)27)21(28)13-5-4-6-14(23)7-13/h4-9,17,21,24,28H,10-12H2,1-3H3,(H,25,29)(H,26,27)/t17-,21?/m1/s1. The first kappa shape index (κ1) is 25.3. The van der Waals surface area contributed by atoms with Gasteiger partial charge >= 0.3 is 5.97 Å². The molecule has 0 aromatic heterocycles. The molecule has 0 spiro atoms. The van der Waals surface area contributed by atoms with Crippen LogP contribution in [0.25, 0.3) is 0 Å². The van der Waals surface area contributed by atoms with Crippen molar-refractivity contribution in [3.63, 3.8) is 0 Å². The molecule has 32 heavy (non-hydrogen) atoms. The molecule has 2 aromatic carbocycles. The molecule has 2 aromatic rings. The molecule has 0 heterocycles. The van der Waals surface area contributed by atoms with Crippen LogP contribution in [0, 0.1) is 5.92 Å². The Morgan fingerprint density at radius 3 is 2.25 bits per heavy atom. The van der Waals surface area contributed by atoms with Gasteiger partial charge in [0, 0.05) is 30.2 Å². The Bertz CT molecular complexity index is 913. The molecule has 0 aliphatic heterocycles. The van der Waals surface area contributed by atoms with Crippen LogP contribution < -0.4 is 24.8 Å². The van der Waals surface area contributed by atoms with Gasteiger partial charge in [0.1, 0.15) is 23.8 Å². The fourth-order valence-corrected chi connectivity index (χ4v) is 3.37. The van der Waals surface area contributed by atoms with Crippen molar-refractivity contribution < 1.29 is 34.0 Å². The molecule has 0 aliphatic rings. The van der Waals surface area contributed by atoms with Gasteiger partial charge in [0.05, 0.1) is 38.9 Å². The van der Waals surface area contributed by atoms with E-state index in [0.717, 1.165) is 0 Å². The van der Waals surface area contributed by atoms with Crippen molar-refractivity contribution in [1.82, 2.24) is 10.6 Å². The number of aliphatic hydroxyl groups is 1. The Labute approximate surface area is 191 Å². The number of carboxylic acid groups (broad SMARTS) is 1. The molecule has 2 rings (SSSR count). The lowest BCUT2D eigenvalue weighted by atomic mass is 9.94. The van der Waals surface area contributed by atoms with Gasteiger partial charge in [0.25, 0.3) is 0 Å². The second-order valence-electron chi connectivity index (χ2n) is 6.86. The highest BCUT2D eigenvalue weighted by molar-refractivity contribution is 6.30. The molecular weight excluding hydrogens is 440 g/mol. The second-order valence-corrected chi connectivity index (χ2v) is 7.30. The highest BCUT2D eigenvalue weighted by Gasteiger charge is 2.28. The van der Waals surface area contributed by atoms with Crippen LogP contribution in [-0.4, -0.2) is 56.5 Å². The van der Waals surface area contributed by atoms with Crippen LogP contribution in [0.2, 0.25) is 5.02 Å². The van der Waals surface area contributed by atoms with Gasteiger partial charge in [-0.3, -0.25) is 9.59 Å². The molecule has 0 saturated heterocycles. The van der Waals surface area contributed by atoms with Crippen LogP contribution >= 0.6 is 11.6 Å². The first-order valence-corrected chi connectivity index (χ1v) is 10.1. The highest BCUT2D eigenvalue weighted by Crippen LogP contribution is 2.34. The van der Waals surface area contributed by atoms with E-state index >= 15 is 0 Å². The monoisotopic (exact) mass is 466 g/mol. The number of amides is 1. The van der Waals surface area contributed by atoms with Gasteiger partial charge in [-0.2, -0.15) is 0 Å². The number of halogens is 1. The van der Waals surface area contributed by atoms with Gasteiger partial charge in [0.15, 0.2) is 0 Å². The maximum Gasteiger partial charge on any atom is 0.322 e. The van der Waals surface area contributed by atoms with Crippen molar-refractivity contribution >= 4 is 23.5 Å². The highest BCUT2D eigenvalue weighted by atomic mass is 35.5. The summed E-state index contributed by atoms with van der Waals surface area (Å²) in [6, 6.07) is 9.92. The zero-order chi connectivity index (χ0) is 23.7. The molecule has 10 heteroatoms. The quantitative estimate of drug-likeness (QED) is 0.374. The smallest absolute Gasteiger partial charge is 0.322 e. The maximum absolute atomic E-state index is 12.6. The SMILES string of the molecule is COc1cc(OC)c(CNC[C@@H](C(=O)NCC(=O)O)C(O)c2cccc(Cl)c2)c(OC)c1. The summed E-state index contributed by atoms with van der Waals surface area (Å²) in [6.45, 7) is -0.267. The largest absolute Gasteiger partial charge is 0.496 e. The summed E-state index contributed by atoms with van der Waals surface area (Å²) in [5.74, 6) is -1.17. The minimum Gasteiger partial charge on any atom is -0.496 e. The van der Waals surface area contributed by atoms with Crippen LogP contribution in [0.1, 0.15) is 17.2 Å². The molecule has 4 N–H and O–H groups in total. The van der Waals surface area contributed by atoms with Crippen LogP contribution in [0.3, 0.4) is 0 Å². The van der Waals surface area contributed by atoms with Crippen LogP contribution in [0.4, 0.5) is 0 Å². The molecular formula is C22H27ClN2O7. The van der Waals surface area contributed by atoms with Gasteiger partial charge in [-0.05, 0) is 17.7 Å². The van der Waals surface area contributed by atoms with Gasteiger partial charge in [-0.1, -0.05) is 23.7 Å². The molecule has 0 saturated carbocycles. The second kappa shape index (κ2) is 12.1. The third-order valence-corrected chi connectivity index (χ3v) is 5.04. The number of carbonyl (C=O) groups excluding carboxylic acids is 1. The Hall–Kier alpha value is -3.01. The number of carbonyl (C=O) groups is 2. The normalized spacial score (nSPS) is 12.5. The van der Waals surface area contributed by atoms with E-state index in [9.17, 15) is 14.7 Å². The van der Waals surface area contributed by atoms with E-state index in [4.69, 9.17) is 30.9 Å². The van der Waals surface area contributed by atoms with Crippen molar-refractivity contribution in [2.75, 3.05) is 34.4 Å². The average molecular weight is 467 g/mol. The minimum atomic E-state index is -1.21. The predicted molar refractivity (Wildman–Crippen MR) is 118 cm³/mol. The summed E-state index contributed by atoms with van der Waals surface area (Å²) in [7, 11) is 4.56. The predicted octanol–water partition coefficient (Wildman–Crippen LogP) is 2.01. The molecule has 0 fully saturated rings. The van der Waals surface area contributed by atoms with Gasteiger partial charge in [0.2, 0.25) is 5.91 Å². The summed E-state index contributed by atoms with van der Waals surface area (Å²) in [6.07, 6.45) is -1.21. The molecule has 2 atom stereocenters. The average Bonchev–Trinajstić information content (AvgIpc) is 2.79. The molecule has 9 nitrogen and oxygen atoms in total. The van der Waals surface area contributed by atoms with E-state index in [1.165, 1.54) is 21.3 Å². The summed E-state index contributed by atoms with van der Waals surface area (Å²) < 4.78 is 16.1. The summed E-state index contributed by atoms with van der Waals surface area (Å²) in [4.78, 5) is 23.5. The molecule has 0 aliphatic carbocycles. The van der Waals surface area contributed by atoms with E-state index < -0.39 is 30.4 Å². The van der Waals surface area contributed by atoms with E-state index in [1.807, 2.05) is 0 Å². The van der Waals surface area contributed by atoms with Crippen molar-refractivity contribution in [3.8, 4) is 17.2 Å². The zero-order valence-corrected chi connectivity index (χ0v) is 18.8. The molecule has 174 valence electrons. The molecule has 0 bridgehead atoms. The lowest BCUT2D eigenvalue weighted by molar-refractivity contribution is -0.139. The lowest BCUT2D eigenvalue weighted by Crippen LogP contribution is -2.42. The van der Waals surface area contributed by atoms with E-state index in [-0.39, 0.29) is 13.1 Å². The van der Waals surface area contributed by atoms with Crippen LogP contribution in [-0.2, 0) is 16.1 Å². The first-order valence-electron chi connectivity index (χ1n) is 9.73. The van der Waals surface area contributed by atoms with E-state index in [0.29, 0.717) is 33.4 Å². The fraction of sp³-hybridized carbons (Fsp3) is 0.364. The van der Waals surface area contributed by atoms with Crippen molar-refractivity contribution in [2.24, 2.45) is 5.92 Å². The number of aliphatic carboxylic acids is 1. The lowest BCUT2D eigenvalue weighted by Gasteiger charge is -2.23. The number of ether oxygens (including phenoxy) is 3. The fourth-order valence-electron chi connectivity index (χ4n) is 3.17. The Morgan fingerprint density at radius 2 is 1.72 bits per heavy atom. The first-order chi connectivity index (χ1) is 15.3. The summed E-state index contributed by atoms with van der Waals surface area (Å²) in [5.41, 5.74) is 1.13. The van der Waals surface area contributed by atoms with Gasteiger partial charge in [-0.25, -0.2) is 0 Å². The number of carboxylic acids is 1. The summed E-state index contributed by atoms with van der Waals surface area (Å²) >= 11 is 6.01. The van der Waals surface area contributed by atoms with Gasteiger partial charge < -0.3 is 35.1 Å². The third kappa shape index (κ3) is 6.74. The third-order valence-electron chi connectivity index (χ3n) is 4.81. The molecule has 0 radical (unpaired) electrons. The Kier molecular flexibility index (Phi) is 9.58. The topological polar surface area (TPSA) is 126 Å². The van der Waals surface area contributed by atoms with Crippen molar-refractivity contribution in [2.45, 2.75) is 12.6 Å². The van der Waals surface area contributed by atoms with Crippen LogP contribution in [0.5, 0.6) is 17.2 Å². The summed E-state index contributed by atoms with van der Waals surface area (Å²) in [5, 5.41) is 25.6. The maximum atomic E-state index is 12.6. The number of methoxy groups -OCH3 is 3. The number of nitrogens with one attached hydrogen (secondary N) is 2. The number of benzene rings is 2. The number of hydrogen-bond acceptors (Lipinski definition) is 7.